The Morgan fingerprint density at radius 2 is 0.788 bits per heavy atom. The fourth-order valence-electron chi connectivity index (χ4n) is 16.3. The summed E-state index contributed by atoms with van der Waals surface area (Å²) in [6, 6.07) is 98.2. The van der Waals surface area contributed by atoms with E-state index in [1.165, 1.54) is 77.2 Å². The number of benzene rings is 13. The summed E-state index contributed by atoms with van der Waals surface area (Å²) in [6.07, 6.45) is 0. The van der Waals surface area contributed by atoms with Gasteiger partial charge in [0, 0.05) is 61.5 Å². The van der Waals surface area contributed by atoms with Crippen LogP contribution >= 0.6 is 0 Å². The molecule has 0 saturated carbocycles. The number of hydrogen-bond acceptors (Lipinski definition) is 2. The highest BCUT2D eigenvalue weighted by Gasteiger charge is 2.46. The second kappa shape index (κ2) is 24.4. The Bertz CT molecular complexity index is 5400. The van der Waals surface area contributed by atoms with Gasteiger partial charge in [0.1, 0.15) is 0 Å². The molecule has 0 atom stereocenters. The molecule has 99 heavy (non-hydrogen) atoms. The second-order valence-corrected chi connectivity index (χ2v) is 30.5. The van der Waals surface area contributed by atoms with Crippen LogP contribution in [-0.4, -0.2) is 11.3 Å². The van der Waals surface area contributed by atoms with E-state index in [9.17, 15) is 2.74 Å². The van der Waals surface area contributed by atoms with Gasteiger partial charge in [0.25, 0.3) is 6.71 Å². The minimum absolute atomic E-state index is 0.0721. The summed E-state index contributed by atoms with van der Waals surface area (Å²) in [6.45, 7) is 29.6. The average molecular weight is 1280 g/mol. The third-order valence-corrected chi connectivity index (χ3v) is 21.2. The summed E-state index contributed by atoms with van der Waals surface area (Å²) < 4.78 is 22.3. The molecule has 0 radical (unpaired) electrons. The van der Waals surface area contributed by atoms with Crippen molar-refractivity contribution in [2.45, 2.75) is 113 Å². The molecule has 2 aliphatic heterocycles. The van der Waals surface area contributed by atoms with E-state index < -0.39 is 0 Å². The van der Waals surface area contributed by atoms with E-state index in [-0.39, 0.29) is 23.5 Å². The third-order valence-electron chi connectivity index (χ3n) is 21.2. The smallest absolute Gasteiger partial charge is 0.252 e. The number of aromatic nitrogens is 1. The molecule has 0 unspecified atom stereocenters. The molecule has 0 N–H and O–H groups in total. The van der Waals surface area contributed by atoms with Gasteiger partial charge in [-0.15, -0.1) is 0 Å². The lowest BCUT2D eigenvalue weighted by molar-refractivity contribution is 0.590. The van der Waals surface area contributed by atoms with Crippen molar-refractivity contribution in [2.24, 2.45) is 0 Å². The average Bonchev–Trinajstić information content (AvgIpc) is 1.04. The standard InChI is InChI=1S/C95H86BN3/c1-59(2)68-40-45-74(79(52-68)60(3)4)70-54-88-91-89(55-70)99(93-77(66-32-22-16-23-33-66)38-27-39-78(93)67-34-24-17-25-35-67)87-58-73(97-84-48-42-71(94(8,9)10)56-80(84)81-57-72(95(11,12)13)43-49-85(81)97)44-47-83(87)96(91)82-46-41-69(90-62(6)50-61(5)51-63(90)7)53-86(82)98(88)92-75(64-28-18-14-19-29-64)36-26-37-76(92)65-30-20-15-21-31-65/h14-60H,1-13H3/i26D,27D. The van der Waals surface area contributed by atoms with Gasteiger partial charge in [0.15, 0.2) is 0 Å². The molecule has 14 aromatic rings. The van der Waals surface area contributed by atoms with Crippen LogP contribution in [0.1, 0.15) is 123 Å². The molecule has 0 amide bonds. The molecule has 3 nitrogen and oxygen atoms in total. The van der Waals surface area contributed by atoms with Crippen molar-refractivity contribution in [2.75, 3.05) is 9.80 Å². The largest absolute Gasteiger partial charge is 0.310 e. The molecule has 0 saturated heterocycles. The van der Waals surface area contributed by atoms with E-state index >= 15 is 0 Å². The van der Waals surface area contributed by atoms with Gasteiger partial charge in [0.2, 0.25) is 0 Å². The van der Waals surface area contributed by atoms with Crippen molar-refractivity contribution in [3.8, 4) is 72.4 Å². The van der Waals surface area contributed by atoms with Crippen molar-refractivity contribution < 1.29 is 2.74 Å². The van der Waals surface area contributed by atoms with Crippen molar-refractivity contribution >= 4 is 79.0 Å². The van der Waals surface area contributed by atoms with Crippen LogP contribution in [-0.2, 0) is 10.8 Å². The first-order valence-corrected chi connectivity index (χ1v) is 35.5. The first kappa shape index (κ1) is 60.7. The van der Waals surface area contributed by atoms with Crippen molar-refractivity contribution in [3.63, 3.8) is 0 Å². The topological polar surface area (TPSA) is 11.4 Å². The van der Waals surface area contributed by atoms with E-state index in [0.29, 0.717) is 18.0 Å². The minimum atomic E-state index is -0.295. The Morgan fingerprint density at radius 1 is 0.364 bits per heavy atom. The molecule has 13 aromatic carbocycles. The Balaban J connectivity index is 1.12. The number of aryl methyl sites for hydroxylation is 3. The number of rotatable bonds is 11. The number of fused-ring (bicyclic) bond motifs is 7. The van der Waals surface area contributed by atoms with Crippen LogP contribution < -0.4 is 26.2 Å². The first-order chi connectivity index (χ1) is 48.6. The lowest BCUT2D eigenvalue weighted by Gasteiger charge is -2.46. The zero-order valence-electron chi connectivity index (χ0n) is 61.4. The van der Waals surface area contributed by atoms with Crippen LogP contribution in [0.2, 0.25) is 0 Å². The summed E-state index contributed by atoms with van der Waals surface area (Å²) in [5, 5.41) is 2.47. The van der Waals surface area contributed by atoms with Gasteiger partial charge in [-0.05, 0) is 192 Å². The van der Waals surface area contributed by atoms with Gasteiger partial charge in [-0.2, -0.15) is 0 Å². The Kier molecular flexibility index (Phi) is 15.0. The van der Waals surface area contributed by atoms with E-state index in [1.54, 1.807) is 0 Å². The lowest BCUT2D eigenvalue weighted by Crippen LogP contribution is -2.61. The fraction of sp³-hybridized carbons (Fsp3) is 0.179. The minimum Gasteiger partial charge on any atom is -0.310 e. The van der Waals surface area contributed by atoms with Crippen LogP contribution in [0.3, 0.4) is 0 Å². The molecule has 484 valence electrons. The molecule has 0 spiro atoms. The van der Waals surface area contributed by atoms with Gasteiger partial charge < -0.3 is 14.4 Å². The van der Waals surface area contributed by atoms with Crippen LogP contribution in [0.4, 0.5) is 34.1 Å². The lowest BCUT2D eigenvalue weighted by atomic mass is 9.33. The van der Waals surface area contributed by atoms with Crippen molar-refractivity contribution in [1.82, 2.24) is 4.57 Å². The summed E-state index contributed by atoms with van der Waals surface area (Å²) in [4.78, 5) is 5.25. The van der Waals surface area contributed by atoms with Crippen LogP contribution in [0.15, 0.2) is 273 Å². The van der Waals surface area contributed by atoms with Gasteiger partial charge >= 0.3 is 0 Å². The maximum absolute atomic E-state index is 9.90. The van der Waals surface area contributed by atoms with Gasteiger partial charge in [-0.3, -0.25) is 0 Å². The summed E-state index contributed by atoms with van der Waals surface area (Å²) in [7, 11) is 0. The maximum Gasteiger partial charge on any atom is 0.252 e. The van der Waals surface area contributed by atoms with Crippen LogP contribution in [0.5, 0.6) is 0 Å². The number of nitrogens with zero attached hydrogens (tertiary/aromatic N) is 3. The second-order valence-electron chi connectivity index (χ2n) is 30.5. The van der Waals surface area contributed by atoms with Gasteiger partial charge in [-0.25, -0.2) is 0 Å². The zero-order chi connectivity index (χ0) is 70.1. The van der Waals surface area contributed by atoms with Crippen LogP contribution in [0, 0.1) is 20.8 Å². The zero-order valence-corrected chi connectivity index (χ0v) is 59.4. The molecule has 0 aliphatic carbocycles. The van der Waals surface area contributed by atoms with E-state index in [2.05, 4.69) is 365 Å². The predicted octanol–water partition coefficient (Wildman–Crippen LogP) is 24.6. The summed E-state index contributed by atoms with van der Waals surface area (Å²) >= 11 is 0. The quantitative estimate of drug-likeness (QED) is 0.120. The predicted molar refractivity (Wildman–Crippen MR) is 427 cm³/mol. The van der Waals surface area contributed by atoms with E-state index in [0.717, 1.165) is 106 Å². The fourth-order valence-corrected chi connectivity index (χ4v) is 16.3. The molecule has 0 fully saturated rings. The van der Waals surface area contributed by atoms with Crippen molar-refractivity contribution in [3.05, 3.63) is 312 Å². The molecular weight excluding hydrogens is 1190 g/mol. The first-order valence-electron chi connectivity index (χ1n) is 36.5. The number of para-hydroxylation sites is 2. The summed E-state index contributed by atoms with van der Waals surface area (Å²) in [5.74, 6) is 0.512. The molecule has 16 rings (SSSR count). The SMILES string of the molecule is [2H]c1cc(-c2ccccc2)c(N2c3cc(-c4c(C)cc(C)cc4C)ccc3B3c4ccc(-n5c6ccc(C(C)(C)C)cc6c6cc(C(C)(C)C)ccc65)cc4N(c4c(-c5ccccc5)cc([2H])cc4-c4ccccc4)c4cc(-c5ccc(C(C)C)cc5C(C)C)cc2c43)c(-c2ccccc2)c1. The highest BCUT2D eigenvalue weighted by atomic mass is 15.2. The number of anilines is 6. The molecular formula is C95H86BN3. The van der Waals surface area contributed by atoms with E-state index in [4.69, 9.17) is 0 Å². The van der Waals surface area contributed by atoms with Crippen molar-refractivity contribution in [1.29, 1.82) is 0 Å². The molecule has 4 heteroatoms. The maximum atomic E-state index is 9.90. The Hall–Kier alpha value is -10.7. The molecule has 1 aromatic heterocycles. The molecule has 0 bridgehead atoms. The van der Waals surface area contributed by atoms with Gasteiger partial charge in [-0.1, -0.05) is 293 Å². The molecule has 2 aliphatic rings. The summed E-state index contributed by atoms with van der Waals surface area (Å²) in [5.41, 5.74) is 34.5. The normalized spacial score (nSPS) is 13.1. The monoisotopic (exact) mass is 1280 g/mol. The highest BCUT2D eigenvalue weighted by molar-refractivity contribution is 7.00. The van der Waals surface area contributed by atoms with Gasteiger partial charge in [0.05, 0.1) is 25.1 Å². The third kappa shape index (κ3) is 10.8. The Labute approximate surface area is 589 Å². The Morgan fingerprint density at radius 3 is 1.21 bits per heavy atom. The highest BCUT2D eigenvalue weighted by Crippen LogP contribution is 2.55. The number of hydrogen-bond donors (Lipinski definition) is 0. The molecule has 3 heterocycles. The van der Waals surface area contributed by atoms with E-state index in [1.807, 2.05) is 0 Å². The van der Waals surface area contributed by atoms with Crippen LogP contribution in [0.25, 0.3) is 94.3 Å².